The quantitative estimate of drug-likeness (QED) is 0.684. The van der Waals surface area contributed by atoms with Gasteiger partial charge in [0.2, 0.25) is 0 Å². The van der Waals surface area contributed by atoms with E-state index in [0.717, 1.165) is 24.8 Å². The molecule has 0 bridgehead atoms. The third-order valence-corrected chi connectivity index (χ3v) is 4.40. The second-order valence-corrected chi connectivity index (χ2v) is 6.63. The smallest absolute Gasteiger partial charge is 0.467 e. The van der Waals surface area contributed by atoms with Crippen molar-refractivity contribution >= 4 is 17.4 Å². The molecule has 2 aromatic rings. The predicted octanol–water partition coefficient (Wildman–Crippen LogP) is 4.76. The second-order valence-electron chi connectivity index (χ2n) is 6.24. The van der Waals surface area contributed by atoms with E-state index < -0.39 is 6.36 Å². The Hall–Kier alpha value is -2.26. The van der Waals surface area contributed by atoms with Crippen molar-refractivity contribution in [3.05, 3.63) is 41.0 Å². The van der Waals surface area contributed by atoms with Gasteiger partial charge < -0.3 is 19.5 Å². The number of halogens is 4. The van der Waals surface area contributed by atoms with Gasteiger partial charge in [0.15, 0.2) is 0 Å². The van der Waals surface area contributed by atoms with E-state index in [0.29, 0.717) is 12.4 Å². The van der Waals surface area contributed by atoms with E-state index in [1.807, 2.05) is 0 Å². The Morgan fingerprint density at radius 3 is 2.64 bits per heavy atom. The summed E-state index contributed by atoms with van der Waals surface area (Å²) >= 11 is 5.92. The Labute approximate surface area is 165 Å². The number of methoxy groups -OCH3 is 1. The van der Waals surface area contributed by atoms with Crippen LogP contribution in [0.2, 0.25) is 5.15 Å². The first-order chi connectivity index (χ1) is 13.3. The zero-order chi connectivity index (χ0) is 20.1. The fraction of sp³-hybridized carbons (Fsp3) is 0.444. The number of ether oxygens (including phenoxy) is 3. The summed E-state index contributed by atoms with van der Waals surface area (Å²) in [5.74, 6) is 0.274. The van der Waals surface area contributed by atoms with Crippen LogP contribution in [0.25, 0.3) is 0 Å². The van der Waals surface area contributed by atoms with Crippen LogP contribution in [0.5, 0.6) is 11.8 Å². The maximum Gasteiger partial charge on any atom is 0.573 e. The molecule has 1 aromatic carbocycles. The van der Waals surface area contributed by atoms with Gasteiger partial charge in [-0.15, -0.1) is 13.2 Å². The van der Waals surface area contributed by atoms with Crippen LogP contribution < -0.4 is 14.8 Å². The number of rotatable bonds is 6. The lowest BCUT2D eigenvalue weighted by atomic mass is 9.98. The minimum Gasteiger partial charge on any atom is -0.467 e. The number of alkyl halides is 3. The summed E-state index contributed by atoms with van der Waals surface area (Å²) in [4.78, 5) is 8.07. The van der Waals surface area contributed by atoms with E-state index in [9.17, 15) is 13.2 Å². The average molecular weight is 418 g/mol. The SMILES string of the molecule is COc1nc(Cl)cc(NC[C@H]2CCC[C@@H](c3ccc(OC(F)(F)F)cc3)O2)n1. The van der Waals surface area contributed by atoms with E-state index in [-0.39, 0.29) is 29.1 Å². The minimum absolute atomic E-state index is 0.0791. The summed E-state index contributed by atoms with van der Waals surface area (Å²) in [5, 5.41) is 3.41. The molecule has 1 aliphatic heterocycles. The molecule has 6 nitrogen and oxygen atoms in total. The molecule has 0 spiro atoms. The summed E-state index contributed by atoms with van der Waals surface area (Å²) in [6.07, 6.45) is -2.39. The largest absolute Gasteiger partial charge is 0.573 e. The highest BCUT2D eigenvalue weighted by molar-refractivity contribution is 6.29. The molecule has 1 aromatic heterocycles. The molecule has 1 aliphatic rings. The molecule has 28 heavy (non-hydrogen) atoms. The van der Waals surface area contributed by atoms with Gasteiger partial charge in [-0.25, -0.2) is 0 Å². The third-order valence-electron chi connectivity index (χ3n) is 4.20. The van der Waals surface area contributed by atoms with Crippen LogP contribution in [0.15, 0.2) is 30.3 Å². The lowest BCUT2D eigenvalue weighted by Gasteiger charge is -2.30. The molecule has 1 saturated heterocycles. The van der Waals surface area contributed by atoms with Crippen LogP contribution in [0, 0.1) is 0 Å². The van der Waals surface area contributed by atoms with Crippen LogP contribution in [-0.2, 0) is 4.74 Å². The highest BCUT2D eigenvalue weighted by Gasteiger charge is 2.31. The van der Waals surface area contributed by atoms with E-state index >= 15 is 0 Å². The first-order valence-electron chi connectivity index (χ1n) is 8.66. The summed E-state index contributed by atoms with van der Waals surface area (Å²) in [7, 11) is 1.45. The van der Waals surface area contributed by atoms with Crippen LogP contribution in [0.1, 0.15) is 30.9 Å². The fourth-order valence-corrected chi connectivity index (χ4v) is 3.15. The lowest BCUT2D eigenvalue weighted by Crippen LogP contribution is -2.29. The van der Waals surface area contributed by atoms with Gasteiger partial charge in [-0.05, 0) is 37.0 Å². The zero-order valence-electron chi connectivity index (χ0n) is 15.0. The summed E-state index contributed by atoms with van der Waals surface area (Å²) in [5.41, 5.74) is 0.811. The first-order valence-corrected chi connectivity index (χ1v) is 9.04. The molecule has 0 aliphatic carbocycles. The fourth-order valence-electron chi connectivity index (χ4n) is 2.98. The van der Waals surface area contributed by atoms with Crippen LogP contribution in [-0.4, -0.2) is 36.1 Å². The zero-order valence-corrected chi connectivity index (χ0v) is 15.8. The van der Waals surface area contributed by atoms with E-state index in [4.69, 9.17) is 21.1 Å². The molecule has 2 heterocycles. The molecule has 2 atom stereocenters. The van der Waals surface area contributed by atoms with Gasteiger partial charge >= 0.3 is 12.4 Å². The topological polar surface area (TPSA) is 65.5 Å². The Bertz CT molecular complexity index is 790. The van der Waals surface area contributed by atoms with Crippen LogP contribution in [0.3, 0.4) is 0 Å². The number of hydrogen-bond donors (Lipinski definition) is 1. The van der Waals surface area contributed by atoms with Crippen LogP contribution >= 0.6 is 11.6 Å². The summed E-state index contributed by atoms with van der Waals surface area (Å²) in [6.45, 7) is 0.502. The maximum absolute atomic E-state index is 12.3. The van der Waals surface area contributed by atoms with Crippen molar-refractivity contribution in [1.82, 2.24) is 9.97 Å². The number of nitrogens with one attached hydrogen (secondary N) is 1. The molecular formula is C18H19ClF3N3O3. The van der Waals surface area contributed by atoms with Crippen molar-refractivity contribution in [2.24, 2.45) is 0 Å². The molecule has 0 unspecified atom stereocenters. The van der Waals surface area contributed by atoms with Crippen molar-refractivity contribution in [3.8, 4) is 11.8 Å². The standard InChI is InChI=1S/C18H19ClF3N3O3/c1-26-17-24-15(19)9-16(25-17)23-10-13-3-2-4-14(27-13)11-5-7-12(8-6-11)28-18(20,21)22/h5-9,13-14H,2-4,10H2,1H3,(H,23,24,25)/t13-,14+/m1/s1. The molecule has 1 fully saturated rings. The van der Waals surface area contributed by atoms with Crippen LogP contribution in [0.4, 0.5) is 19.0 Å². The Morgan fingerprint density at radius 2 is 1.96 bits per heavy atom. The first kappa shape index (κ1) is 20.5. The van der Waals surface area contributed by atoms with Crippen molar-refractivity contribution in [3.63, 3.8) is 0 Å². The van der Waals surface area contributed by atoms with Gasteiger partial charge in [0.1, 0.15) is 16.7 Å². The van der Waals surface area contributed by atoms with E-state index in [1.165, 1.54) is 19.2 Å². The molecular weight excluding hydrogens is 399 g/mol. The molecule has 1 N–H and O–H groups in total. The van der Waals surface area contributed by atoms with Gasteiger partial charge in [0.25, 0.3) is 0 Å². The van der Waals surface area contributed by atoms with Gasteiger partial charge in [-0.3, -0.25) is 0 Å². The number of hydrogen-bond acceptors (Lipinski definition) is 6. The molecule has 0 amide bonds. The van der Waals surface area contributed by atoms with Crippen molar-refractivity contribution in [2.75, 3.05) is 19.0 Å². The van der Waals surface area contributed by atoms with Gasteiger partial charge in [-0.1, -0.05) is 23.7 Å². The van der Waals surface area contributed by atoms with Crippen molar-refractivity contribution < 1.29 is 27.4 Å². The highest BCUT2D eigenvalue weighted by atomic mass is 35.5. The molecule has 0 saturated carbocycles. The van der Waals surface area contributed by atoms with Crippen molar-refractivity contribution in [2.45, 2.75) is 37.8 Å². The van der Waals surface area contributed by atoms with Gasteiger partial charge in [-0.2, -0.15) is 9.97 Å². The number of aromatic nitrogens is 2. The third kappa shape index (κ3) is 5.87. The Morgan fingerprint density at radius 1 is 1.21 bits per heavy atom. The van der Waals surface area contributed by atoms with Gasteiger partial charge in [0.05, 0.1) is 19.3 Å². The van der Waals surface area contributed by atoms with E-state index in [2.05, 4.69) is 20.0 Å². The summed E-state index contributed by atoms with van der Waals surface area (Å²) in [6, 6.07) is 7.53. The number of anilines is 1. The molecule has 152 valence electrons. The minimum atomic E-state index is -4.70. The average Bonchev–Trinajstić information content (AvgIpc) is 2.65. The Balaban J connectivity index is 1.57. The number of benzene rings is 1. The normalized spacial score (nSPS) is 19.9. The monoisotopic (exact) mass is 417 g/mol. The van der Waals surface area contributed by atoms with Gasteiger partial charge in [0, 0.05) is 12.6 Å². The Kier molecular flexibility index (Phi) is 6.46. The highest BCUT2D eigenvalue weighted by Crippen LogP contribution is 2.33. The van der Waals surface area contributed by atoms with Crippen molar-refractivity contribution in [1.29, 1.82) is 0 Å². The summed E-state index contributed by atoms with van der Waals surface area (Å²) < 4.78 is 51.8. The molecule has 3 rings (SSSR count). The maximum atomic E-state index is 12.3. The molecule has 10 heteroatoms. The molecule has 0 radical (unpaired) electrons. The number of nitrogens with zero attached hydrogens (tertiary/aromatic N) is 2. The second kappa shape index (κ2) is 8.83. The van der Waals surface area contributed by atoms with E-state index in [1.54, 1.807) is 18.2 Å². The predicted molar refractivity (Wildman–Crippen MR) is 96.7 cm³/mol. The lowest BCUT2D eigenvalue weighted by molar-refractivity contribution is -0.274.